The van der Waals surface area contributed by atoms with Crippen LogP contribution in [0.5, 0.6) is 0 Å². The maximum absolute atomic E-state index is 13.0. The number of nitrogens with zero attached hydrogens (tertiary/aromatic N) is 2. The molecule has 0 atom stereocenters. The summed E-state index contributed by atoms with van der Waals surface area (Å²) < 4.78 is 27.3. The van der Waals surface area contributed by atoms with Gasteiger partial charge in [0.05, 0.1) is 16.1 Å². The van der Waals surface area contributed by atoms with Crippen molar-refractivity contribution in [2.75, 3.05) is 18.4 Å². The Labute approximate surface area is 187 Å². The van der Waals surface area contributed by atoms with Gasteiger partial charge >= 0.3 is 0 Å². The third-order valence-corrected chi connectivity index (χ3v) is 7.74. The van der Waals surface area contributed by atoms with Crippen LogP contribution < -0.4 is 5.32 Å². The molecular weight excluding hydrogens is 426 g/mol. The minimum absolute atomic E-state index is 0.108. The van der Waals surface area contributed by atoms with Gasteiger partial charge in [0.25, 0.3) is 0 Å². The van der Waals surface area contributed by atoms with Crippen LogP contribution in [-0.2, 0) is 14.8 Å². The van der Waals surface area contributed by atoms with E-state index in [9.17, 15) is 18.0 Å². The van der Waals surface area contributed by atoms with Gasteiger partial charge in [0, 0.05) is 35.7 Å². The summed E-state index contributed by atoms with van der Waals surface area (Å²) in [4.78, 5) is 29.0. The van der Waals surface area contributed by atoms with E-state index in [0.29, 0.717) is 18.4 Å². The number of fused-ring (bicyclic) bond motifs is 1. The topological polar surface area (TPSA) is 96.4 Å². The predicted molar refractivity (Wildman–Crippen MR) is 123 cm³/mol. The van der Waals surface area contributed by atoms with E-state index >= 15 is 0 Å². The Morgan fingerprint density at radius 3 is 2.34 bits per heavy atom. The number of para-hydroxylation sites is 1. The second-order valence-corrected chi connectivity index (χ2v) is 10.0. The first-order valence-electron chi connectivity index (χ1n) is 10.5. The summed E-state index contributed by atoms with van der Waals surface area (Å²) in [7, 11) is -3.66. The zero-order valence-electron chi connectivity index (χ0n) is 18.0. The fourth-order valence-electron chi connectivity index (χ4n) is 4.02. The van der Waals surface area contributed by atoms with Gasteiger partial charge in [-0.2, -0.15) is 4.31 Å². The van der Waals surface area contributed by atoms with Gasteiger partial charge in [0.2, 0.25) is 15.9 Å². The van der Waals surface area contributed by atoms with Crippen molar-refractivity contribution in [3.05, 3.63) is 65.9 Å². The van der Waals surface area contributed by atoms with Crippen molar-refractivity contribution in [1.29, 1.82) is 0 Å². The molecule has 1 aromatic heterocycles. The third-order valence-electron chi connectivity index (χ3n) is 5.83. The molecule has 0 spiro atoms. The molecule has 166 valence electrons. The zero-order chi connectivity index (χ0) is 22.9. The van der Waals surface area contributed by atoms with E-state index in [4.69, 9.17) is 0 Å². The Morgan fingerprint density at radius 2 is 1.69 bits per heavy atom. The highest BCUT2D eigenvalue weighted by Crippen LogP contribution is 2.27. The number of carbonyl (C=O) groups is 2. The molecule has 0 bridgehead atoms. The van der Waals surface area contributed by atoms with E-state index in [1.54, 1.807) is 0 Å². The summed E-state index contributed by atoms with van der Waals surface area (Å²) in [6, 6.07) is 15.5. The van der Waals surface area contributed by atoms with Gasteiger partial charge < -0.3 is 5.32 Å². The highest BCUT2D eigenvalue weighted by atomic mass is 32.2. The Kier molecular flexibility index (Phi) is 6.08. The summed E-state index contributed by atoms with van der Waals surface area (Å²) >= 11 is 0. The minimum atomic E-state index is -3.66. The van der Waals surface area contributed by atoms with Crippen molar-refractivity contribution >= 4 is 38.3 Å². The van der Waals surface area contributed by atoms with Crippen LogP contribution in [-0.4, -0.2) is 42.5 Å². The van der Waals surface area contributed by atoms with Crippen molar-refractivity contribution in [3.8, 4) is 0 Å². The Balaban J connectivity index is 1.43. The maximum atomic E-state index is 13.0. The number of hydrogen-bond acceptors (Lipinski definition) is 5. The van der Waals surface area contributed by atoms with Crippen LogP contribution in [0.4, 0.5) is 5.69 Å². The largest absolute Gasteiger partial charge is 0.325 e. The number of carbonyl (C=O) groups excluding carboxylic acids is 2. The van der Waals surface area contributed by atoms with Crippen LogP contribution in [0.2, 0.25) is 0 Å². The van der Waals surface area contributed by atoms with Crippen LogP contribution in [0.15, 0.2) is 59.5 Å². The number of amides is 1. The van der Waals surface area contributed by atoms with Crippen molar-refractivity contribution in [1.82, 2.24) is 9.29 Å². The number of sulfonamides is 1. The van der Waals surface area contributed by atoms with Gasteiger partial charge in [-0.05, 0) is 51.0 Å². The first-order chi connectivity index (χ1) is 15.3. The van der Waals surface area contributed by atoms with E-state index in [0.717, 1.165) is 22.3 Å². The number of nitrogens with one attached hydrogen (secondary N) is 1. The second kappa shape index (κ2) is 8.80. The number of pyridine rings is 1. The summed E-state index contributed by atoms with van der Waals surface area (Å²) in [5, 5.41) is 3.89. The number of hydrogen-bond donors (Lipinski definition) is 1. The molecular formula is C24H25N3O4S. The molecule has 1 amide bonds. The number of benzene rings is 2. The maximum Gasteiger partial charge on any atom is 0.243 e. The van der Waals surface area contributed by atoms with Gasteiger partial charge in [-0.3, -0.25) is 14.6 Å². The smallest absolute Gasteiger partial charge is 0.243 e. The molecule has 1 aliphatic rings. The number of ketones is 1. The Bertz CT molecular complexity index is 1280. The van der Waals surface area contributed by atoms with E-state index < -0.39 is 10.0 Å². The monoisotopic (exact) mass is 451 g/mol. The first-order valence-corrected chi connectivity index (χ1v) is 12.0. The van der Waals surface area contributed by atoms with E-state index in [2.05, 4.69) is 10.3 Å². The van der Waals surface area contributed by atoms with E-state index in [1.165, 1.54) is 35.5 Å². The van der Waals surface area contributed by atoms with Crippen molar-refractivity contribution in [3.63, 3.8) is 0 Å². The molecule has 32 heavy (non-hydrogen) atoms. The van der Waals surface area contributed by atoms with Gasteiger partial charge in [-0.15, -0.1) is 0 Å². The molecule has 0 aliphatic carbocycles. The predicted octanol–water partition coefficient (Wildman–Crippen LogP) is 3.79. The molecule has 0 unspecified atom stereocenters. The number of anilines is 1. The molecule has 2 aromatic carbocycles. The molecule has 2 heterocycles. The van der Waals surface area contributed by atoms with E-state index in [-0.39, 0.29) is 35.6 Å². The normalized spacial score (nSPS) is 15.6. The van der Waals surface area contributed by atoms with Crippen molar-refractivity contribution < 1.29 is 18.0 Å². The number of piperidine rings is 1. The molecule has 1 saturated heterocycles. The first kappa shape index (κ1) is 22.1. The highest BCUT2D eigenvalue weighted by molar-refractivity contribution is 7.89. The molecule has 4 rings (SSSR count). The lowest BCUT2D eigenvalue weighted by molar-refractivity contribution is -0.120. The quantitative estimate of drug-likeness (QED) is 0.596. The number of aromatic nitrogens is 1. The average Bonchev–Trinajstić information content (AvgIpc) is 2.79. The van der Waals surface area contributed by atoms with Gasteiger partial charge in [-0.25, -0.2) is 8.42 Å². The van der Waals surface area contributed by atoms with Crippen molar-refractivity contribution in [2.24, 2.45) is 5.92 Å². The lowest BCUT2D eigenvalue weighted by Gasteiger charge is -2.30. The van der Waals surface area contributed by atoms with E-state index in [1.807, 2.05) is 37.3 Å². The van der Waals surface area contributed by atoms with Gasteiger partial charge in [0.1, 0.15) is 0 Å². The summed E-state index contributed by atoms with van der Waals surface area (Å²) in [6.07, 6.45) is 0.886. The lowest BCUT2D eigenvalue weighted by Crippen LogP contribution is -2.41. The fraction of sp³-hybridized carbons (Fsp3) is 0.292. The third kappa shape index (κ3) is 4.42. The summed E-state index contributed by atoms with van der Waals surface area (Å²) in [5.74, 6) is -0.490. The van der Waals surface area contributed by atoms with Crippen LogP contribution in [0, 0.1) is 12.8 Å². The van der Waals surface area contributed by atoms with Crippen LogP contribution in [0.3, 0.4) is 0 Å². The SMILES string of the molecule is CC(=O)c1ccc(S(=O)(=O)N2CCC(C(=O)Nc3cc(C)nc4ccccc34)CC2)cc1. The standard InChI is InChI=1S/C24H25N3O4S/c1-16-15-23(21-5-3-4-6-22(21)25-16)26-24(29)19-11-13-27(14-12-19)32(30,31)20-9-7-18(8-10-20)17(2)28/h3-10,15,19H,11-14H2,1-2H3,(H,25,26,29). The summed E-state index contributed by atoms with van der Waals surface area (Å²) in [6.45, 7) is 3.86. The zero-order valence-corrected chi connectivity index (χ0v) is 18.9. The number of rotatable bonds is 5. The molecule has 0 saturated carbocycles. The molecule has 7 nitrogen and oxygen atoms in total. The highest BCUT2D eigenvalue weighted by Gasteiger charge is 2.32. The lowest BCUT2D eigenvalue weighted by atomic mass is 9.97. The molecule has 3 aromatic rings. The molecule has 8 heteroatoms. The van der Waals surface area contributed by atoms with Crippen molar-refractivity contribution in [2.45, 2.75) is 31.6 Å². The Morgan fingerprint density at radius 1 is 1.03 bits per heavy atom. The molecule has 1 aliphatic heterocycles. The summed E-state index contributed by atoms with van der Waals surface area (Å²) in [5.41, 5.74) is 2.83. The minimum Gasteiger partial charge on any atom is -0.325 e. The molecule has 1 N–H and O–H groups in total. The molecule has 1 fully saturated rings. The Hall–Kier alpha value is -3.10. The number of Topliss-reactive ketones (excluding diaryl/α,β-unsaturated/α-hetero) is 1. The number of aryl methyl sites for hydroxylation is 1. The van der Waals surface area contributed by atoms with Crippen LogP contribution in [0.25, 0.3) is 10.9 Å². The molecule has 0 radical (unpaired) electrons. The fourth-order valence-corrected chi connectivity index (χ4v) is 5.48. The second-order valence-electron chi connectivity index (χ2n) is 8.08. The van der Waals surface area contributed by atoms with Gasteiger partial charge in [0.15, 0.2) is 5.78 Å². The van der Waals surface area contributed by atoms with Crippen LogP contribution in [0.1, 0.15) is 35.8 Å². The van der Waals surface area contributed by atoms with Crippen LogP contribution >= 0.6 is 0 Å². The average molecular weight is 452 g/mol. The van der Waals surface area contributed by atoms with Gasteiger partial charge in [-0.1, -0.05) is 30.3 Å².